The Morgan fingerprint density at radius 3 is 2.34 bits per heavy atom. The van der Waals surface area contributed by atoms with Crippen LogP contribution >= 0.6 is 24.4 Å². The SMILES string of the molecule is COc1ccc(C(=O)Nc2ccccc2)cc1N(S)C(=O)Nc1cccc(Cl)c1. The molecule has 29 heavy (non-hydrogen) atoms. The molecule has 0 aromatic heterocycles. The Kier molecular flexibility index (Phi) is 6.64. The van der Waals surface area contributed by atoms with E-state index in [0.29, 0.717) is 33.4 Å². The lowest BCUT2D eigenvalue weighted by Gasteiger charge is -2.20. The van der Waals surface area contributed by atoms with E-state index in [9.17, 15) is 9.59 Å². The Labute approximate surface area is 179 Å². The fourth-order valence-electron chi connectivity index (χ4n) is 2.57. The maximum absolute atomic E-state index is 12.6. The van der Waals surface area contributed by atoms with E-state index in [2.05, 4.69) is 23.4 Å². The van der Waals surface area contributed by atoms with Crippen molar-refractivity contribution in [1.82, 2.24) is 0 Å². The lowest BCUT2D eigenvalue weighted by Crippen LogP contribution is -2.27. The second-order valence-corrected chi connectivity index (χ2v) is 6.80. The number of hydrogen-bond acceptors (Lipinski definition) is 4. The van der Waals surface area contributed by atoms with Gasteiger partial charge in [0.05, 0.1) is 12.8 Å². The lowest BCUT2D eigenvalue weighted by atomic mass is 10.1. The summed E-state index contributed by atoms with van der Waals surface area (Å²) in [6.07, 6.45) is 0. The molecule has 0 bridgehead atoms. The van der Waals surface area contributed by atoms with Gasteiger partial charge in [-0.15, -0.1) is 0 Å². The van der Waals surface area contributed by atoms with Gasteiger partial charge in [-0.25, -0.2) is 9.10 Å². The minimum absolute atomic E-state index is 0.316. The van der Waals surface area contributed by atoms with E-state index in [1.54, 1.807) is 48.5 Å². The number of amides is 3. The minimum Gasteiger partial charge on any atom is -0.495 e. The average Bonchev–Trinajstić information content (AvgIpc) is 2.73. The molecule has 0 aliphatic heterocycles. The van der Waals surface area contributed by atoms with Crippen molar-refractivity contribution in [3.05, 3.63) is 83.4 Å². The molecule has 0 unspecified atom stereocenters. The maximum atomic E-state index is 12.6. The molecule has 0 heterocycles. The summed E-state index contributed by atoms with van der Waals surface area (Å²) in [5.74, 6) is 0.0644. The molecule has 0 aliphatic carbocycles. The van der Waals surface area contributed by atoms with Crippen molar-refractivity contribution in [3.8, 4) is 5.75 Å². The standard InChI is InChI=1S/C21H18ClN3O3S/c1-28-19-11-10-14(20(26)23-16-7-3-2-4-8-16)12-18(19)25(29)21(27)24-17-9-5-6-15(22)13-17/h2-13,29H,1H3,(H,23,26)(H,24,27). The number of nitrogens with one attached hydrogen (secondary N) is 2. The van der Waals surface area contributed by atoms with Gasteiger partial charge in [0.25, 0.3) is 5.91 Å². The van der Waals surface area contributed by atoms with Crippen LogP contribution in [0.2, 0.25) is 5.02 Å². The Morgan fingerprint density at radius 2 is 1.66 bits per heavy atom. The molecule has 3 amide bonds. The van der Waals surface area contributed by atoms with Crippen molar-refractivity contribution in [2.45, 2.75) is 0 Å². The highest BCUT2D eigenvalue weighted by Crippen LogP contribution is 2.31. The zero-order valence-electron chi connectivity index (χ0n) is 15.4. The number of carbonyl (C=O) groups is 2. The van der Waals surface area contributed by atoms with Crippen molar-refractivity contribution in [3.63, 3.8) is 0 Å². The number of halogens is 1. The van der Waals surface area contributed by atoms with E-state index in [-0.39, 0.29) is 5.91 Å². The molecular weight excluding hydrogens is 410 g/mol. The van der Waals surface area contributed by atoms with E-state index < -0.39 is 6.03 Å². The van der Waals surface area contributed by atoms with E-state index >= 15 is 0 Å². The molecular formula is C21H18ClN3O3S. The first-order chi connectivity index (χ1) is 14.0. The van der Waals surface area contributed by atoms with Gasteiger partial charge < -0.3 is 15.4 Å². The number of hydrogen-bond donors (Lipinski definition) is 3. The third-order valence-corrected chi connectivity index (χ3v) is 4.60. The van der Waals surface area contributed by atoms with Gasteiger partial charge >= 0.3 is 6.03 Å². The Balaban J connectivity index is 1.82. The van der Waals surface area contributed by atoms with Gasteiger partial charge in [-0.1, -0.05) is 48.7 Å². The number of urea groups is 1. The van der Waals surface area contributed by atoms with Crippen molar-refractivity contribution >= 4 is 53.4 Å². The van der Waals surface area contributed by atoms with Crippen molar-refractivity contribution in [1.29, 1.82) is 0 Å². The summed E-state index contributed by atoms with van der Waals surface area (Å²) in [7, 11) is 1.47. The van der Waals surface area contributed by atoms with Crippen LogP contribution in [0.3, 0.4) is 0 Å². The first-order valence-corrected chi connectivity index (χ1v) is 9.35. The van der Waals surface area contributed by atoms with E-state index in [0.717, 1.165) is 4.31 Å². The number of benzene rings is 3. The summed E-state index contributed by atoms with van der Waals surface area (Å²) in [5.41, 5.74) is 1.84. The van der Waals surface area contributed by atoms with E-state index in [4.69, 9.17) is 16.3 Å². The highest BCUT2D eigenvalue weighted by Gasteiger charge is 2.19. The first-order valence-electron chi connectivity index (χ1n) is 8.58. The molecule has 0 aliphatic rings. The largest absolute Gasteiger partial charge is 0.495 e. The lowest BCUT2D eigenvalue weighted by molar-refractivity contribution is 0.102. The number of para-hydroxylation sites is 1. The van der Waals surface area contributed by atoms with Crippen LogP contribution < -0.4 is 19.7 Å². The predicted molar refractivity (Wildman–Crippen MR) is 119 cm³/mol. The molecule has 2 N–H and O–H groups in total. The topological polar surface area (TPSA) is 70.7 Å². The Bertz CT molecular complexity index is 1030. The zero-order valence-corrected chi connectivity index (χ0v) is 17.1. The number of nitrogens with zero attached hydrogens (tertiary/aromatic N) is 1. The molecule has 3 rings (SSSR count). The molecule has 0 radical (unpaired) electrons. The molecule has 3 aromatic rings. The summed E-state index contributed by atoms with van der Waals surface area (Å²) < 4.78 is 6.38. The van der Waals surface area contributed by atoms with Crippen LogP contribution in [0.4, 0.5) is 21.9 Å². The number of methoxy groups -OCH3 is 1. The molecule has 8 heteroatoms. The number of ether oxygens (including phenoxy) is 1. The van der Waals surface area contributed by atoms with Gasteiger partial charge in [-0.05, 0) is 48.5 Å². The molecule has 0 saturated heterocycles. The molecule has 0 atom stereocenters. The number of rotatable bonds is 5. The van der Waals surface area contributed by atoms with Gasteiger partial charge in [0, 0.05) is 22.0 Å². The maximum Gasteiger partial charge on any atom is 0.336 e. The van der Waals surface area contributed by atoms with Crippen molar-refractivity contribution in [2.75, 3.05) is 22.0 Å². The third kappa shape index (κ3) is 5.22. The van der Waals surface area contributed by atoms with Crippen LogP contribution in [-0.4, -0.2) is 19.0 Å². The first kappa shape index (κ1) is 20.6. The van der Waals surface area contributed by atoms with Gasteiger partial charge in [0.15, 0.2) is 0 Å². The molecule has 6 nitrogen and oxygen atoms in total. The smallest absolute Gasteiger partial charge is 0.336 e. The molecule has 0 saturated carbocycles. The highest BCUT2D eigenvalue weighted by molar-refractivity contribution is 7.82. The highest BCUT2D eigenvalue weighted by atomic mass is 35.5. The monoisotopic (exact) mass is 427 g/mol. The van der Waals surface area contributed by atoms with Gasteiger partial charge in [-0.2, -0.15) is 0 Å². The fraction of sp³-hybridized carbons (Fsp3) is 0.0476. The van der Waals surface area contributed by atoms with Crippen LogP contribution in [0, 0.1) is 0 Å². The number of thiol groups is 1. The summed E-state index contributed by atoms with van der Waals surface area (Å²) in [4.78, 5) is 25.2. The third-order valence-electron chi connectivity index (χ3n) is 3.97. The number of anilines is 3. The van der Waals surface area contributed by atoms with Crippen molar-refractivity contribution in [2.24, 2.45) is 0 Å². The van der Waals surface area contributed by atoms with Crippen molar-refractivity contribution < 1.29 is 14.3 Å². The van der Waals surface area contributed by atoms with Gasteiger partial charge in [-0.3, -0.25) is 4.79 Å². The molecule has 3 aromatic carbocycles. The van der Waals surface area contributed by atoms with Gasteiger partial charge in [0.2, 0.25) is 0 Å². The molecule has 148 valence electrons. The second kappa shape index (κ2) is 9.36. The van der Waals surface area contributed by atoms with Crippen LogP contribution in [0.5, 0.6) is 5.75 Å². The summed E-state index contributed by atoms with van der Waals surface area (Å²) in [6, 6.07) is 20.0. The molecule has 0 fully saturated rings. The van der Waals surface area contributed by atoms with Crippen LogP contribution in [0.1, 0.15) is 10.4 Å². The summed E-state index contributed by atoms with van der Waals surface area (Å²) >= 11 is 10.2. The second-order valence-electron chi connectivity index (χ2n) is 5.96. The van der Waals surface area contributed by atoms with Crippen LogP contribution in [-0.2, 0) is 0 Å². The minimum atomic E-state index is -0.533. The number of carbonyl (C=O) groups excluding carboxylic acids is 2. The average molecular weight is 428 g/mol. The van der Waals surface area contributed by atoms with Crippen LogP contribution in [0.15, 0.2) is 72.8 Å². The fourth-order valence-corrected chi connectivity index (χ4v) is 2.97. The van der Waals surface area contributed by atoms with Crippen LogP contribution in [0.25, 0.3) is 0 Å². The quantitative estimate of drug-likeness (QED) is 0.472. The summed E-state index contributed by atoms with van der Waals surface area (Å²) in [6.45, 7) is 0. The van der Waals surface area contributed by atoms with E-state index in [1.165, 1.54) is 13.2 Å². The Hall–Kier alpha value is -3.16. The Morgan fingerprint density at radius 1 is 0.931 bits per heavy atom. The summed E-state index contributed by atoms with van der Waals surface area (Å²) in [5, 5.41) is 5.98. The van der Waals surface area contributed by atoms with E-state index in [1.807, 2.05) is 18.2 Å². The normalized spacial score (nSPS) is 10.2. The van der Waals surface area contributed by atoms with Gasteiger partial charge in [0.1, 0.15) is 5.75 Å². The zero-order chi connectivity index (χ0) is 20.8. The molecule has 0 spiro atoms. The predicted octanol–water partition coefficient (Wildman–Crippen LogP) is 5.48.